The highest BCUT2D eigenvalue weighted by molar-refractivity contribution is 6.61. The Hall–Kier alpha value is 1.02. The third kappa shape index (κ3) is 2.40. The van der Waals surface area contributed by atoms with Gasteiger partial charge in [0.1, 0.15) is 0 Å². The van der Waals surface area contributed by atoms with E-state index in [2.05, 4.69) is 21.1 Å². The lowest BCUT2D eigenvalue weighted by molar-refractivity contribution is -0.396. The van der Waals surface area contributed by atoms with Gasteiger partial charge < -0.3 is 0 Å². The highest BCUT2D eigenvalue weighted by atomic mass is 35.5. The maximum atomic E-state index is 12.8. The zero-order chi connectivity index (χ0) is 13.9. The third-order valence-electron chi connectivity index (χ3n) is 1.63. The topological polar surface area (TPSA) is 18.5 Å². The largest absolute Gasteiger partial charge is 0.451 e. The van der Waals surface area contributed by atoms with Crippen LogP contribution in [0.3, 0.4) is 0 Å². The number of alkyl halides is 10. The first kappa shape index (κ1) is 16.1. The maximum Gasteiger partial charge on any atom is 0.451 e. The molecule has 1 fully saturated rings. The molecule has 0 aromatic rings. The standard InChI is InChI=1S/C5Cl5F5O2/c6-2(7)3(8,9)17-1(16-2,4(10,11)12)5(13,14)15. The van der Waals surface area contributed by atoms with Gasteiger partial charge in [0.2, 0.25) is 0 Å². The van der Waals surface area contributed by atoms with Gasteiger partial charge in [-0.15, -0.1) is 0 Å². The van der Waals surface area contributed by atoms with E-state index in [9.17, 15) is 22.0 Å². The minimum absolute atomic E-state index is 3.09. The Morgan fingerprint density at radius 3 is 1.18 bits per heavy atom. The monoisotopic (exact) mass is 362 g/mol. The summed E-state index contributed by atoms with van der Waals surface area (Å²) in [7, 11) is 0. The molecule has 0 radical (unpaired) electrons. The van der Waals surface area contributed by atoms with E-state index >= 15 is 0 Å². The van der Waals surface area contributed by atoms with Crippen LogP contribution < -0.4 is 0 Å². The first-order valence-corrected chi connectivity index (χ1v) is 5.35. The summed E-state index contributed by atoms with van der Waals surface area (Å²) in [6.07, 6.45) is -5.79. The van der Waals surface area contributed by atoms with E-state index in [1.807, 2.05) is 0 Å². The van der Waals surface area contributed by atoms with Crippen LogP contribution in [-0.2, 0) is 9.47 Å². The molecule has 0 spiro atoms. The second-order valence-electron chi connectivity index (χ2n) is 2.85. The highest BCUT2D eigenvalue weighted by Crippen LogP contribution is 2.63. The molecule has 0 aromatic carbocycles. The molecule has 0 atom stereocenters. The molecular formula is C5Cl5F5O2. The van der Waals surface area contributed by atoms with Crippen LogP contribution in [0, 0.1) is 0 Å². The molecule has 0 saturated carbocycles. The SMILES string of the molecule is FC(F)(F)C1(C(F)(F)Cl)OC(Cl)(Cl)C(Cl)(Cl)O1. The van der Waals surface area contributed by atoms with E-state index < -0.39 is 26.4 Å². The Kier molecular flexibility index (Phi) is 3.79. The molecule has 17 heavy (non-hydrogen) atoms. The van der Waals surface area contributed by atoms with Crippen LogP contribution in [0.1, 0.15) is 0 Å². The van der Waals surface area contributed by atoms with Crippen LogP contribution in [0.2, 0.25) is 0 Å². The zero-order valence-corrected chi connectivity index (χ0v) is 10.9. The summed E-state index contributed by atoms with van der Waals surface area (Å²) in [6, 6.07) is 0. The molecule has 1 aliphatic rings. The number of halogens is 10. The minimum atomic E-state index is -5.79. The van der Waals surface area contributed by atoms with Gasteiger partial charge in [-0.3, -0.25) is 9.47 Å². The Morgan fingerprint density at radius 2 is 1.06 bits per heavy atom. The van der Waals surface area contributed by atoms with Gasteiger partial charge in [-0.1, -0.05) is 46.4 Å². The molecular weight excluding hydrogens is 364 g/mol. The summed E-state index contributed by atoms with van der Waals surface area (Å²) in [4.78, 5) is 0. The summed E-state index contributed by atoms with van der Waals surface area (Å²) in [5.41, 5.74) is 0. The van der Waals surface area contributed by atoms with Crippen molar-refractivity contribution in [2.24, 2.45) is 0 Å². The van der Waals surface area contributed by atoms with Gasteiger partial charge in [-0.05, 0) is 11.6 Å². The van der Waals surface area contributed by atoms with Crippen molar-refractivity contribution in [2.75, 3.05) is 0 Å². The van der Waals surface area contributed by atoms with Crippen molar-refractivity contribution in [1.29, 1.82) is 0 Å². The van der Waals surface area contributed by atoms with E-state index in [0.29, 0.717) is 0 Å². The van der Waals surface area contributed by atoms with Crippen LogP contribution >= 0.6 is 58.0 Å². The van der Waals surface area contributed by atoms with E-state index in [-0.39, 0.29) is 0 Å². The quantitative estimate of drug-likeness (QED) is 0.508. The average Bonchev–Trinajstić information content (AvgIpc) is 2.15. The average molecular weight is 364 g/mol. The molecule has 0 aromatic heterocycles. The fraction of sp³-hybridized carbons (Fsp3) is 1.00. The van der Waals surface area contributed by atoms with Gasteiger partial charge in [0.25, 0.3) is 9.04 Å². The Labute approximate surface area is 116 Å². The van der Waals surface area contributed by atoms with Gasteiger partial charge in [0.05, 0.1) is 0 Å². The Bertz CT molecular complexity index is 292. The van der Waals surface area contributed by atoms with Gasteiger partial charge in [-0.25, -0.2) is 0 Å². The van der Waals surface area contributed by atoms with Crippen molar-refractivity contribution >= 4 is 58.0 Å². The maximum absolute atomic E-state index is 12.8. The Balaban J connectivity index is 3.34. The fourth-order valence-electron chi connectivity index (χ4n) is 0.893. The molecule has 0 amide bonds. The molecule has 0 aliphatic carbocycles. The molecule has 1 heterocycles. The summed E-state index contributed by atoms with van der Waals surface area (Å²) < 4.78 is 64.6. The number of hydrogen-bond acceptors (Lipinski definition) is 2. The summed E-state index contributed by atoms with van der Waals surface area (Å²) in [6.45, 7) is 0. The van der Waals surface area contributed by atoms with Crippen molar-refractivity contribution < 1.29 is 31.4 Å². The molecule has 12 heteroatoms. The predicted octanol–water partition coefficient (Wildman–Crippen LogP) is 4.39. The molecule has 2 nitrogen and oxygen atoms in total. The van der Waals surface area contributed by atoms with Gasteiger partial charge in [0, 0.05) is 0 Å². The van der Waals surface area contributed by atoms with Crippen molar-refractivity contribution in [3.63, 3.8) is 0 Å². The normalized spacial score (nSPS) is 27.2. The second-order valence-corrected chi connectivity index (χ2v) is 5.84. The van der Waals surface area contributed by atoms with Crippen LogP contribution in [0.5, 0.6) is 0 Å². The third-order valence-corrected chi connectivity index (χ3v) is 3.64. The minimum Gasteiger partial charge on any atom is -0.295 e. The molecule has 102 valence electrons. The summed E-state index contributed by atoms with van der Waals surface area (Å²) in [5.74, 6) is -4.66. The van der Waals surface area contributed by atoms with Crippen molar-refractivity contribution in [3.8, 4) is 0 Å². The molecule has 1 rings (SSSR count). The smallest absolute Gasteiger partial charge is 0.295 e. The zero-order valence-electron chi connectivity index (χ0n) is 7.10. The van der Waals surface area contributed by atoms with Crippen LogP contribution in [-0.4, -0.2) is 26.4 Å². The molecule has 1 aliphatic heterocycles. The van der Waals surface area contributed by atoms with Gasteiger partial charge in [-0.2, -0.15) is 22.0 Å². The van der Waals surface area contributed by atoms with Crippen LogP contribution in [0.25, 0.3) is 0 Å². The van der Waals surface area contributed by atoms with Crippen molar-refractivity contribution in [1.82, 2.24) is 0 Å². The number of rotatable bonds is 1. The van der Waals surface area contributed by atoms with Crippen LogP contribution in [0.15, 0.2) is 0 Å². The molecule has 0 N–H and O–H groups in total. The van der Waals surface area contributed by atoms with Crippen LogP contribution in [0.4, 0.5) is 22.0 Å². The summed E-state index contributed by atoms with van der Waals surface area (Å²) in [5, 5.41) is -5.06. The van der Waals surface area contributed by atoms with E-state index in [4.69, 9.17) is 46.4 Å². The first-order valence-electron chi connectivity index (χ1n) is 3.46. The summed E-state index contributed by atoms with van der Waals surface area (Å²) >= 11 is 24.8. The van der Waals surface area contributed by atoms with Gasteiger partial charge >= 0.3 is 17.3 Å². The van der Waals surface area contributed by atoms with E-state index in [1.165, 1.54) is 0 Å². The number of hydrogen-bond donors (Lipinski definition) is 0. The lowest BCUT2D eigenvalue weighted by Crippen LogP contribution is -2.58. The predicted molar refractivity (Wildman–Crippen MR) is 50.6 cm³/mol. The highest BCUT2D eigenvalue weighted by Gasteiger charge is 2.83. The van der Waals surface area contributed by atoms with Crippen molar-refractivity contribution in [3.05, 3.63) is 0 Å². The molecule has 1 saturated heterocycles. The molecule has 0 unspecified atom stereocenters. The molecule has 0 bridgehead atoms. The Morgan fingerprint density at radius 1 is 0.765 bits per heavy atom. The van der Waals surface area contributed by atoms with E-state index in [1.54, 1.807) is 0 Å². The van der Waals surface area contributed by atoms with E-state index in [0.717, 1.165) is 0 Å². The lowest BCUT2D eigenvalue weighted by atomic mass is 10.3. The fourth-order valence-corrected chi connectivity index (χ4v) is 1.67. The lowest BCUT2D eigenvalue weighted by Gasteiger charge is -2.32. The number of ether oxygens (including phenoxy) is 2. The second kappa shape index (κ2) is 4.01. The van der Waals surface area contributed by atoms with Gasteiger partial charge in [0.15, 0.2) is 0 Å². The van der Waals surface area contributed by atoms with Crippen molar-refractivity contribution in [2.45, 2.75) is 26.4 Å². The first-order chi connectivity index (χ1) is 7.16.